The standard InChI is InChI=1S/C25H26F3N5O2.C23H28F3N3S.C22H22F3N3S.C21H25F3N4O3S/c1-25(27,28)19-8-6-18(7-9-19)20-14-35-11-10-33(20)24-22(26)23(31-15-32-24)30-13-17-4-2-16(3-5-17)12-21(29)34;1-22(11-4-14-30-22)12-10-18-20(24)21(28-15-27-18)29-13-3-5-19(29)16-6-8-17(9-7-16)23(2,25)26;1-22(24,25)16-8-6-15(7-9-16)19-5-2-12-28(19)21-20(23)18(26-14-27-21)11-10-17-4-3-13-29-17;1-21(23,24)15-6-4-14(5-7-15)17-3-2-8-28(17)20-18(22)19(26-13-27-20)25-11-16-12-32(29,30)10-9-31-16/h2-9,15,20H,10-14H2,1H3,(H2,29,34)(H,30,31,32);6-9,15,19H,3-5,10-14H2,1-2H3;3-4,6-9,13-14,19H,2,5,10-12H2,1H3;4-7,13,16-17H,2-3,8-12H2,1H3,(H,25,26,27). The number of halogens is 12. The molecule has 35 heteroatoms. The highest BCUT2D eigenvalue weighted by molar-refractivity contribution is 8.00. The fourth-order valence-electron chi connectivity index (χ4n) is 16.5. The second-order valence-corrected chi connectivity index (χ2v) is 37.7. The molecule has 0 bridgehead atoms. The normalized spacial score (nSPS) is 20.2. The van der Waals surface area contributed by atoms with Crippen molar-refractivity contribution in [3.05, 3.63) is 259 Å². The Balaban J connectivity index is 0.000000144. The molecule has 6 atom stereocenters. The number of primary amides is 1. The van der Waals surface area contributed by atoms with Gasteiger partial charge in [-0.05, 0) is 128 Å². The Kier molecular flexibility index (Phi) is 30.3. The van der Waals surface area contributed by atoms with Crippen molar-refractivity contribution in [1.82, 2.24) is 39.9 Å². The molecule has 0 spiro atoms. The van der Waals surface area contributed by atoms with Crippen LogP contribution in [-0.4, -0.2) is 135 Å². The van der Waals surface area contributed by atoms with Crippen molar-refractivity contribution >= 4 is 73.8 Å². The second-order valence-electron chi connectivity index (χ2n) is 32.8. The van der Waals surface area contributed by atoms with Gasteiger partial charge in [0.1, 0.15) is 25.3 Å². The molecule has 672 valence electrons. The Bertz CT molecular complexity index is 5390. The second kappa shape index (κ2) is 40.8. The molecule has 6 fully saturated rings. The number of anilines is 6. The lowest BCUT2D eigenvalue weighted by Gasteiger charge is -2.37. The summed E-state index contributed by atoms with van der Waals surface area (Å²) in [4.78, 5) is 52.9. The zero-order valence-corrected chi connectivity index (χ0v) is 72.8. The first kappa shape index (κ1) is 93.4. The Labute approximate surface area is 733 Å². The number of carbonyl (C=O) groups is 1. The first-order valence-electron chi connectivity index (χ1n) is 42.0. The topological polar surface area (TPSA) is 236 Å². The third-order valence-corrected chi connectivity index (χ3v) is 27.5. The van der Waals surface area contributed by atoms with E-state index in [2.05, 4.69) is 57.4 Å². The van der Waals surface area contributed by atoms with Crippen LogP contribution in [0.3, 0.4) is 0 Å². The van der Waals surface area contributed by atoms with Gasteiger partial charge in [0.05, 0.1) is 79.4 Å². The number of thiophene rings is 1. The van der Waals surface area contributed by atoms with Gasteiger partial charge in [0.25, 0.3) is 23.7 Å². The molecular formula is C91H101F12N15O5S3. The summed E-state index contributed by atoms with van der Waals surface area (Å²) < 4.78 is 204. The number of amides is 1. The van der Waals surface area contributed by atoms with Gasteiger partial charge in [-0.3, -0.25) is 4.79 Å². The van der Waals surface area contributed by atoms with Crippen molar-refractivity contribution in [2.45, 2.75) is 183 Å². The summed E-state index contributed by atoms with van der Waals surface area (Å²) in [5.41, 5.74) is 10.9. The molecule has 5 aromatic carbocycles. The summed E-state index contributed by atoms with van der Waals surface area (Å²) in [7, 11) is -3.16. The SMILES string of the molecule is CC(F)(F)c1ccc(C2CCCN2c2ncnc(CCc3cccs3)c2F)cc1.CC(F)(F)c1ccc(C2CCCN2c2ncnc(NCC3CS(=O)(=O)CCO3)c2F)cc1.CC(F)(F)c1ccc(C2COCCN2c2ncnc(NCc3ccc(CC(N)=O)cc3)c2F)cc1.CC1(CCc2ncnc(N3CCCC3c3ccc(C(C)(F)F)cc3)c2F)CCCS1. The summed E-state index contributed by atoms with van der Waals surface area (Å²) >= 11 is 3.62. The highest BCUT2D eigenvalue weighted by Gasteiger charge is 2.39. The number of morpholine rings is 1. The summed E-state index contributed by atoms with van der Waals surface area (Å²) in [6, 6.07) is 35.3. The number of nitrogens with zero attached hydrogens (tertiary/aromatic N) is 12. The lowest BCUT2D eigenvalue weighted by molar-refractivity contribution is -0.117. The van der Waals surface area contributed by atoms with Gasteiger partial charge < -0.3 is 45.4 Å². The number of aromatic nitrogens is 8. The number of ether oxygens (including phenoxy) is 2. The Hall–Kier alpha value is -10.2. The third-order valence-electron chi connectivity index (χ3n) is 23.3. The first-order chi connectivity index (χ1) is 60.1. The highest BCUT2D eigenvalue weighted by atomic mass is 32.2. The fourth-order valence-corrected chi connectivity index (χ4v) is 19.8. The molecule has 6 unspecified atom stereocenters. The van der Waals surface area contributed by atoms with E-state index in [-0.39, 0.29) is 118 Å². The van der Waals surface area contributed by atoms with Gasteiger partial charge in [-0.1, -0.05) is 134 Å². The van der Waals surface area contributed by atoms with Gasteiger partial charge >= 0.3 is 0 Å². The maximum Gasteiger partial charge on any atom is 0.270 e. The molecule has 126 heavy (non-hydrogen) atoms. The third kappa shape index (κ3) is 24.0. The minimum Gasteiger partial charge on any atom is -0.377 e. The number of benzene rings is 5. The van der Waals surface area contributed by atoms with Gasteiger partial charge in [-0.15, -0.1) is 11.3 Å². The van der Waals surface area contributed by atoms with Crippen LogP contribution in [0.4, 0.5) is 87.6 Å². The highest BCUT2D eigenvalue weighted by Crippen LogP contribution is 2.45. The number of nitrogens with one attached hydrogen (secondary N) is 2. The summed E-state index contributed by atoms with van der Waals surface area (Å²) in [6.45, 7) is 9.22. The van der Waals surface area contributed by atoms with E-state index in [0.29, 0.717) is 75.2 Å². The number of rotatable bonds is 26. The van der Waals surface area contributed by atoms with Crippen molar-refractivity contribution in [3.8, 4) is 0 Å². The van der Waals surface area contributed by atoms with Gasteiger partial charge in [-0.2, -0.15) is 20.5 Å². The minimum absolute atomic E-state index is 0.00965. The van der Waals surface area contributed by atoms with E-state index in [1.54, 1.807) is 76.9 Å². The van der Waals surface area contributed by atoms with Crippen molar-refractivity contribution in [1.29, 1.82) is 0 Å². The number of carbonyl (C=O) groups excluding carboxylic acids is 1. The van der Waals surface area contributed by atoms with Crippen LogP contribution in [0.15, 0.2) is 164 Å². The molecule has 0 radical (unpaired) electrons. The molecule has 6 saturated heterocycles. The molecule has 0 saturated carbocycles. The average Bonchev–Trinajstić information content (AvgIpc) is 1.44. The van der Waals surface area contributed by atoms with Gasteiger partial charge in [-0.25, -0.2) is 92.2 Å². The minimum atomic E-state index is -3.16. The smallest absolute Gasteiger partial charge is 0.270 e. The zero-order chi connectivity index (χ0) is 89.7. The maximum absolute atomic E-state index is 15.5. The monoisotopic (exact) mass is 1810 g/mol. The van der Waals surface area contributed by atoms with Crippen LogP contribution in [0, 0.1) is 23.3 Å². The van der Waals surface area contributed by atoms with E-state index < -0.39 is 63.2 Å². The molecule has 1 amide bonds. The van der Waals surface area contributed by atoms with Crippen LogP contribution in [0.2, 0.25) is 0 Å². The summed E-state index contributed by atoms with van der Waals surface area (Å²) in [5.74, 6) is -12.1. The predicted molar refractivity (Wildman–Crippen MR) is 465 cm³/mol. The lowest BCUT2D eigenvalue weighted by atomic mass is 9.98. The van der Waals surface area contributed by atoms with Gasteiger partial charge in [0, 0.05) is 98.8 Å². The quantitative estimate of drug-likeness (QED) is 0.0427. The van der Waals surface area contributed by atoms with Gasteiger partial charge in [0.15, 0.2) is 56.4 Å². The molecular weight excluding hydrogens is 1710 g/mol. The molecule has 5 aromatic heterocycles. The Morgan fingerprint density at radius 1 is 0.508 bits per heavy atom. The first-order valence-corrected chi connectivity index (χ1v) is 45.6. The molecule has 6 aliphatic heterocycles. The number of nitrogens with two attached hydrogens (primary N) is 1. The predicted octanol–water partition coefficient (Wildman–Crippen LogP) is 19.4. The van der Waals surface area contributed by atoms with Crippen molar-refractivity contribution < 1.29 is 75.4 Å². The number of alkyl halides is 8. The molecule has 0 aliphatic carbocycles. The van der Waals surface area contributed by atoms with E-state index in [1.165, 1.54) is 90.9 Å². The van der Waals surface area contributed by atoms with Crippen molar-refractivity contribution in [3.63, 3.8) is 0 Å². The van der Waals surface area contributed by atoms with E-state index in [1.807, 2.05) is 56.1 Å². The number of hydrogen-bond acceptors (Lipinski definition) is 21. The number of hydrogen-bond donors (Lipinski definition) is 3. The number of thioether (sulfide) groups is 1. The van der Waals surface area contributed by atoms with Crippen LogP contribution in [0.1, 0.15) is 188 Å². The van der Waals surface area contributed by atoms with Crippen molar-refractivity contribution in [2.75, 3.05) is 100 Å². The lowest BCUT2D eigenvalue weighted by Crippen LogP contribution is -2.40. The van der Waals surface area contributed by atoms with E-state index in [9.17, 15) is 48.3 Å². The van der Waals surface area contributed by atoms with Crippen molar-refractivity contribution in [2.24, 2.45) is 5.73 Å². The summed E-state index contributed by atoms with van der Waals surface area (Å²) in [5, 5.41) is 7.83. The van der Waals surface area contributed by atoms with E-state index >= 15 is 17.6 Å². The molecule has 11 heterocycles. The van der Waals surface area contributed by atoms with Gasteiger partial charge in [0.2, 0.25) is 17.5 Å². The van der Waals surface area contributed by atoms with Crippen LogP contribution in [-0.2, 0) is 80.0 Å². The summed E-state index contributed by atoms with van der Waals surface area (Å²) in [6.07, 6.45) is 15.1. The van der Waals surface area contributed by atoms with Crippen LogP contribution < -0.4 is 36.0 Å². The van der Waals surface area contributed by atoms with Crippen LogP contribution >= 0.6 is 23.1 Å². The largest absolute Gasteiger partial charge is 0.377 e. The van der Waals surface area contributed by atoms with E-state index in [0.717, 1.165) is 119 Å². The maximum atomic E-state index is 15.5. The molecule has 20 nitrogen and oxygen atoms in total. The number of aryl methyl sites for hydroxylation is 3. The zero-order valence-electron chi connectivity index (χ0n) is 70.4. The average molecular weight is 1810 g/mol. The van der Waals surface area contributed by atoms with E-state index in [4.69, 9.17) is 15.2 Å². The van der Waals surface area contributed by atoms with Crippen LogP contribution in [0.5, 0.6) is 0 Å². The fraction of sp³-hybridized carbons (Fsp3) is 0.440. The Morgan fingerprint density at radius 2 is 0.929 bits per heavy atom. The molecule has 10 aromatic rings. The molecule has 4 N–H and O–H groups in total. The Morgan fingerprint density at radius 3 is 1.35 bits per heavy atom. The molecule has 16 rings (SSSR count). The number of sulfone groups is 1. The molecule has 6 aliphatic rings. The van der Waals surface area contributed by atoms with Crippen LogP contribution in [0.25, 0.3) is 0 Å².